The molecule has 22 heavy (non-hydrogen) atoms. The van der Waals surface area contributed by atoms with Crippen LogP contribution in [-0.4, -0.2) is 47.9 Å². The maximum absolute atomic E-state index is 12.1. The Balaban J connectivity index is 2.29. The zero-order valence-electron chi connectivity index (χ0n) is 11.9. The van der Waals surface area contributed by atoms with Gasteiger partial charge in [-0.2, -0.15) is 0 Å². The van der Waals surface area contributed by atoms with Gasteiger partial charge in [-0.05, 0) is 23.9 Å². The zero-order chi connectivity index (χ0) is 16.3. The van der Waals surface area contributed by atoms with Gasteiger partial charge in [0.25, 0.3) is 11.1 Å². The van der Waals surface area contributed by atoms with Gasteiger partial charge in [0.1, 0.15) is 6.54 Å². The molecular formula is C14H13NO6S. The van der Waals surface area contributed by atoms with E-state index in [1.807, 2.05) is 0 Å². The van der Waals surface area contributed by atoms with E-state index >= 15 is 0 Å². The van der Waals surface area contributed by atoms with E-state index in [4.69, 9.17) is 4.74 Å². The van der Waals surface area contributed by atoms with Gasteiger partial charge in [0.15, 0.2) is 11.5 Å². The first-order chi connectivity index (χ1) is 10.5. The Morgan fingerprint density at radius 1 is 1.36 bits per heavy atom. The average Bonchev–Trinajstić information content (AvgIpc) is 2.76. The van der Waals surface area contributed by atoms with Gasteiger partial charge < -0.3 is 14.6 Å². The van der Waals surface area contributed by atoms with Crippen LogP contribution in [0.4, 0.5) is 4.79 Å². The van der Waals surface area contributed by atoms with Crippen LogP contribution >= 0.6 is 11.8 Å². The number of phenolic OH excluding ortho intramolecular Hbond substituents is 1. The van der Waals surface area contributed by atoms with Crippen molar-refractivity contribution in [2.75, 3.05) is 20.8 Å². The number of thioether (sulfide) groups is 1. The van der Waals surface area contributed by atoms with Crippen molar-refractivity contribution in [2.45, 2.75) is 0 Å². The van der Waals surface area contributed by atoms with Crippen molar-refractivity contribution in [3.05, 3.63) is 28.7 Å². The highest BCUT2D eigenvalue weighted by atomic mass is 32.2. The van der Waals surface area contributed by atoms with Crippen LogP contribution < -0.4 is 4.74 Å². The molecule has 0 spiro atoms. The van der Waals surface area contributed by atoms with Gasteiger partial charge in [0, 0.05) is 5.56 Å². The molecule has 1 fully saturated rings. The van der Waals surface area contributed by atoms with Crippen LogP contribution in [0.25, 0.3) is 6.08 Å². The smallest absolute Gasteiger partial charge is 0.325 e. The van der Waals surface area contributed by atoms with Crippen LogP contribution in [-0.2, 0) is 14.3 Å². The monoisotopic (exact) mass is 323 g/mol. The Morgan fingerprint density at radius 3 is 2.73 bits per heavy atom. The summed E-state index contributed by atoms with van der Waals surface area (Å²) in [5.74, 6) is -1.18. The summed E-state index contributed by atoms with van der Waals surface area (Å²) in [7, 11) is 2.58. The predicted molar refractivity (Wildman–Crippen MR) is 79.4 cm³/mol. The van der Waals surface area contributed by atoms with E-state index in [2.05, 4.69) is 4.74 Å². The lowest BCUT2D eigenvalue weighted by molar-refractivity contribution is -0.143. The van der Waals surface area contributed by atoms with Crippen LogP contribution in [0, 0.1) is 0 Å². The van der Waals surface area contributed by atoms with Crippen molar-refractivity contribution in [3.8, 4) is 11.5 Å². The number of hydrogen-bond acceptors (Lipinski definition) is 7. The maximum atomic E-state index is 12.1. The summed E-state index contributed by atoms with van der Waals surface area (Å²) in [4.78, 5) is 36.0. The van der Waals surface area contributed by atoms with Crippen molar-refractivity contribution in [1.82, 2.24) is 4.90 Å². The Kier molecular flexibility index (Phi) is 4.71. The highest BCUT2D eigenvalue weighted by Gasteiger charge is 2.36. The van der Waals surface area contributed by atoms with Gasteiger partial charge in [-0.15, -0.1) is 0 Å². The van der Waals surface area contributed by atoms with Crippen molar-refractivity contribution in [2.24, 2.45) is 0 Å². The summed E-state index contributed by atoms with van der Waals surface area (Å²) in [5, 5.41) is 9.42. The minimum atomic E-state index is -0.687. The number of para-hydroxylation sites is 1. The Labute approximate surface area is 130 Å². The van der Waals surface area contributed by atoms with Gasteiger partial charge in [0.05, 0.1) is 19.1 Å². The molecule has 0 aromatic heterocycles. The standard InChI is InChI=1S/C14H13NO6S/c1-20-9-5-3-4-8(12(9)17)6-10-13(18)15(14(19)22-10)7-11(16)21-2/h3-6,17H,7H2,1-2H3/b10-6+. The van der Waals surface area contributed by atoms with Crippen LogP contribution in [0.5, 0.6) is 11.5 Å². The number of carbonyl (C=O) groups excluding carboxylic acids is 3. The molecule has 0 radical (unpaired) electrons. The molecule has 2 rings (SSSR count). The third-order valence-electron chi connectivity index (χ3n) is 2.93. The molecule has 1 N–H and O–H groups in total. The molecule has 0 unspecified atom stereocenters. The fraction of sp³-hybridized carbons (Fsp3) is 0.214. The van der Waals surface area contributed by atoms with E-state index in [0.29, 0.717) is 17.3 Å². The molecule has 1 heterocycles. The quantitative estimate of drug-likeness (QED) is 0.664. The summed E-state index contributed by atoms with van der Waals surface area (Å²) < 4.78 is 9.42. The third kappa shape index (κ3) is 3.06. The lowest BCUT2D eigenvalue weighted by atomic mass is 10.1. The van der Waals surface area contributed by atoms with Crippen molar-refractivity contribution in [3.63, 3.8) is 0 Å². The molecule has 1 aromatic rings. The van der Waals surface area contributed by atoms with Gasteiger partial charge in [0.2, 0.25) is 0 Å². The van der Waals surface area contributed by atoms with Gasteiger partial charge in [-0.1, -0.05) is 12.1 Å². The predicted octanol–water partition coefficient (Wildman–Crippen LogP) is 1.61. The second-order valence-electron chi connectivity index (χ2n) is 4.24. The molecule has 1 aliphatic rings. The number of esters is 1. The number of ether oxygens (including phenoxy) is 2. The van der Waals surface area contributed by atoms with Crippen LogP contribution in [0.1, 0.15) is 5.56 Å². The second kappa shape index (κ2) is 6.52. The van der Waals surface area contributed by atoms with Crippen molar-refractivity contribution >= 4 is 35.0 Å². The number of amides is 2. The molecule has 1 aliphatic heterocycles. The van der Waals surface area contributed by atoms with Gasteiger partial charge in [-0.3, -0.25) is 19.3 Å². The molecular weight excluding hydrogens is 310 g/mol. The van der Waals surface area contributed by atoms with Crippen molar-refractivity contribution in [1.29, 1.82) is 0 Å². The van der Waals surface area contributed by atoms with Crippen LogP contribution in [0.3, 0.4) is 0 Å². The van der Waals surface area contributed by atoms with Crippen molar-refractivity contribution < 1.29 is 29.0 Å². The minimum absolute atomic E-state index is 0.109. The van der Waals surface area contributed by atoms with Crippen LogP contribution in [0.2, 0.25) is 0 Å². The largest absolute Gasteiger partial charge is 0.504 e. The molecule has 0 atom stereocenters. The van der Waals surface area contributed by atoms with E-state index in [-0.39, 0.29) is 16.4 Å². The van der Waals surface area contributed by atoms with E-state index in [9.17, 15) is 19.5 Å². The molecule has 0 saturated carbocycles. The second-order valence-corrected chi connectivity index (χ2v) is 5.24. The maximum Gasteiger partial charge on any atom is 0.325 e. The first kappa shape index (κ1) is 15.9. The number of methoxy groups -OCH3 is 2. The molecule has 7 nitrogen and oxygen atoms in total. The van der Waals surface area contributed by atoms with E-state index in [1.54, 1.807) is 18.2 Å². The summed E-state index contributed by atoms with van der Waals surface area (Å²) in [6, 6.07) is 4.78. The van der Waals surface area contributed by atoms with Gasteiger partial charge >= 0.3 is 5.97 Å². The molecule has 8 heteroatoms. The SMILES string of the molecule is COC(=O)CN1C(=O)S/C(=C/c2cccc(OC)c2O)C1=O. The summed E-state index contributed by atoms with van der Waals surface area (Å²) in [5.41, 5.74) is 0.336. The Bertz CT molecular complexity index is 669. The Hall–Kier alpha value is -2.48. The zero-order valence-corrected chi connectivity index (χ0v) is 12.7. The van der Waals surface area contributed by atoms with Gasteiger partial charge in [-0.25, -0.2) is 0 Å². The molecule has 0 bridgehead atoms. The first-order valence-electron chi connectivity index (χ1n) is 6.16. The number of phenols is 1. The molecule has 1 saturated heterocycles. The Morgan fingerprint density at radius 2 is 2.09 bits per heavy atom. The lowest BCUT2D eigenvalue weighted by Gasteiger charge is -2.10. The topological polar surface area (TPSA) is 93.1 Å². The summed E-state index contributed by atoms with van der Waals surface area (Å²) in [6.45, 7) is -0.442. The number of aromatic hydroxyl groups is 1. The summed E-state index contributed by atoms with van der Waals surface area (Å²) >= 11 is 0.690. The van der Waals surface area contributed by atoms with E-state index in [0.717, 1.165) is 4.90 Å². The lowest BCUT2D eigenvalue weighted by Crippen LogP contribution is -2.34. The summed E-state index contributed by atoms with van der Waals surface area (Å²) in [6.07, 6.45) is 1.38. The number of hydrogen-bond donors (Lipinski definition) is 1. The van der Waals surface area contributed by atoms with E-state index < -0.39 is 23.7 Å². The molecule has 0 aliphatic carbocycles. The molecule has 116 valence electrons. The van der Waals surface area contributed by atoms with E-state index in [1.165, 1.54) is 20.3 Å². The highest BCUT2D eigenvalue weighted by molar-refractivity contribution is 8.18. The fourth-order valence-corrected chi connectivity index (χ4v) is 2.62. The average molecular weight is 323 g/mol. The first-order valence-corrected chi connectivity index (χ1v) is 6.97. The normalized spacial score (nSPS) is 16.3. The fourth-order valence-electron chi connectivity index (χ4n) is 1.79. The highest BCUT2D eigenvalue weighted by Crippen LogP contribution is 2.36. The number of imide groups is 1. The number of rotatable bonds is 4. The minimum Gasteiger partial charge on any atom is -0.504 e. The third-order valence-corrected chi connectivity index (χ3v) is 3.83. The number of carbonyl (C=O) groups is 3. The van der Waals surface area contributed by atoms with Crippen LogP contribution in [0.15, 0.2) is 23.1 Å². The molecule has 1 aromatic carbocycles. The number of nitrogens with zero attached hydrogens (tertiary/aromatic N) is 1. The molecule has 2 amide bonds. The number of benzene rings is 1.